The molecule has 0 radical (unpaired) electrons. The first kappa shape index (κ1) is 24.7. The van der Waals surface area contributed by atoms with Gasteiger partial charge in [0.25, 0.3) is 0 Å². The lowest BCUT2D eigenvalue weighted by Gasteiger charge is -2.19. The lowest BCUT2D eigenvalue weighted by Crippen LogP contribution is -2.23. The predicted molar refractivity (Wildman–Crippen MR) is 152 cm³/mol. The number of hydrogen-bond acceptors (Lipinski definition) is 5. The molecule has 1 amide bonds. The van der Waals surface area contributed by atoms with Crippen molar-refractivity contribution < 1.29 is 14.3 Å². The molecule has 1 atom stereocenters. The normalized spacial score (nSPS) is 14.1. The van der Waals surface area contributed by atoms with Crippen molar-refractivity contribution in [1.82, 2.24) is 14.5 Å². The van der Waals surface area contributed by atoms with Crippen LogP contribution in [0.4, 0.5) is 5.69 Å². The minimum atomic E-state index is 0.0348. The minimum absolute atomic E-state index is 0.0348. The zero-order chi connectivity index (χ0) is 26.8. The fourth-order valence-electron chi connectivity index (χ4n) is 5.22. The van der Waals surface area contributed by atoms with Gasteiger partial charge in [0.1, 0.15) is 18.2 Å². The van der Waals surface area contributed by atoms with E-state index in [-0.39, 0.29) is 11.9 Å². The summed E-state index contributed by atoms with van der Waals surface area (Å²) in [4.78, 5) is 23.4. The summed E-state index contributed by atoms with van der Waals surface area (Å²) in [6.07, 6.45) is 3.31. The van der Waals surface area contributed by atoms with Crippen LogP contribution in [0.2, 0.25) is 0 Å². The number of nitrogens with zero attached hydrogens (tertiary/aromatic N) is 4. The summed E-state index contributed by atoms with van der Waals surface area (Å²) in [5.41, 5.74) is 6.04. The number of imidazole rings is 1. The van der Waals surface area contributed by atoms with E-state index in [0.29, 0.717) is 24.7 Å². The third kappa shape index (κ3) is 4.95. The second-order valence-corrected chi connectivity index (χ2v) is 9.71. The van der Waals surface area contributed by atoms with Crippen molar-refractivity contribution in [3.8, 4) is 22.8 Å². The number of ether oxygens (including phenoxy) is 2. The van der Waals surface area contributed by atoms with Crippen LogP contribution in [0.3, 0.4) is 0 Å². The van der Waals surface area contributed by atoms with Crippen LogP contribution in [0, 0.1) is 0 Å². The number of benzene rings is 3. The first-order chi connectivity index (χ1) is 19.1. The van der Waals surface area contributed by atoms with Gasteiger partial charge >= 0.3 is 0 Å². The maximum Gasteiger partial charge on any atom is 0.227 e. The number of anilines is 1. The highest BCUT2D eigenvalue weighted by atomic mass is 16.5. The second kappa shape index (κ2) is 10.6. The highest BCUT2D eigenvalue weighted by molar-refractivity contribution is 5.95. The fourth-order valence-corrected chi connectivity index (χ4v) is 5.22. The molecule has 0 aliphatic carbocycles. The Morgan fingerprint density at radius 1 is 0.949 bits per heavy atom. The Hall–Kier alpha value is -4.65. The zero-order valence-electron chi connectivity index (χ0n) is 22.1. The summed E-state index contributed by atoms with van der Waals surface area (Å²) >= 11 is 0. The van der Waals surface area contributed by atoms with Crippen molar-refractivity contribution >= 4 is 22.6 Å². The van der Waals surface area contributed by atoms with Crippen molar-refractivity contribution in [1.29, 1.82) is 0 Å². The number of rotatable bonds is 8. The molecule has 7 heteroatoms. The van der Waals surface area contributed by atoms with E-state index >= 15 is 0 Å². The fraction of sp³-hybridized carbons (Fsp3) is 0.219. The third-order valence-electron chi connectivity index (χ3n) is 7.28. The Labute approximate surface area is 227 Å². The van der Waals surface area contributed by atoms with Gasteiger partial charge in [-0.3, -0.25) is 4.79 Å². The van der Waals surface area contributed by atoms with Crippen LogP contribution in [0.25, 0.3) is 22.2 Å². The van der Waals surface area contributed by atoms with Gasteiger partial charge in [0.15, 0.2) is 0 Å². The van der Waals surface area contributed by atoms with Gasteiger partial charge in [0, 0.05) is 42.5 Å². The molecule has 7 nitrogen and oxygen atoms in total. The molecule has 5 aromatic rings. The van der Waals surface area contributed by atoms with Crippen LogP contribution in [0.5, 0.6) is 11.6 Å². The molecule has 39 heavy (non-hydrogen) atoms. The van der Waals surface area contributed by atoms with Crippen molar-refractivity contribution in [2.75, 3.05) is 18.6 Å². The molecule has 2 aromatic heterocycles. The summed E-state index contributed by atoms with van der Waals surface area (Å²) in [5, 5.41) is 0. The van der Waals surface area contributed by atoms with Gasteiger partial charge in [0.05, 0.1) is 24.2 Å². The Kier molecular flexibility index (Phi) is 6.71. The molecule has 1 saturated heterocycles. The number of carbonyl (C=O) groups excluding carboxylic acids is 1. The van der Waals surface area contributed by atoms with Crippen LogP contribution in [0.1, 0.15) is 37.2 Å². The summed E-state index contributed by atoms with van der Waals surface area (Å²) in [7, 11) is 1.61. The molecule has 1 fully saturated rings. The van der Waals surface area contributed by atoms with Crippen molar-refractivity contribution in [2.45, 2.75) is 32.4 Å². The molecule has 3 heterocycles. The average molecular weight is 519 g/mol. The number of pyridine rings is 1. The Morgan fingerprint density at radius 3 is 2.54 bits per heavy atom. The van der Waals surface area contributed by atoms with Crippen molar-refractivity contribution in [3.63, 3.8) is 0 Å². The highest BCUT2D eigenvalue weighted by Crippen LogP contribution is 2.31. The summed E-state index contributed by atoms with van der Waals surface area (Å²) in [6, 6.07) is 28.3. The van der Waals surface area contributed by atoms with E-state index < -0.39 is 0 Å². The Balaban J connectivity index is 1.36. The van der Waals surface area contributed by atoms with E-state index in [1.165, 1.54) is 5.56 Å². The smallest absolute Gasteiger partial charge is 0.227 e. The predicted octanol–water partition coefficient (Wildman–Crippen LogP) is 6.42. The molecule has 3 aromatic carbocycles. The first-order valence-electron chi connectivity index (χ1n) is 13.2. The molecule has 0 spiro atoms. The molecule has 1 aliphatic rings. The number of carbonyl (C=O) groups is 1. The standard InChI is InChI=1S/C32H30N4O3/c1-22(23-8-4-3-5-9-23)36-29-18-24(25-14-16-31(38-2)33-20-25)13-15-28(29)34-30(36)21-39-27-11-6-10-26(19-27)35-17-7-12-32(35)37/h3-6,8-11,13-16,18-20,22H,7,12,17,21H2,1-2H3/t22-/m0/s1. The Morgan fingerprint density at radius 2 is 1.79 bits per heavy atom. The summed E-state index contributed by atoms with van der Waals surface area (Å²) in [5.74, 6) is 2.28. The number of hydrogen-bond donors (Lipinski definition) is 0. The van der Waals surface area contributed by atoms with Gasteiger partial charge in [-0.05, 0) is 54.8 Å². The SMILES string of the molecule is COc1ccc(-c2ccc3nc(COc4cccc(N5CCCC5=O)c4)n([C@@H](C)c4ccccc4)c3c2)cn1. The number of fused-ring (bicyclic) bond motifs is 1. The van der Waals surface area contributed by atoms with Gasteiger partial charge in [-0.15, -0.1) is 0 Å². The largest absolute Gasteiger partial charge is 0.486 e. The molecule has 0 N–H and O–H groups in total. The van der Waals surface area contributed by atoms with Crippen LogP contribution >= 0.6 is 0 Å². The second-order valence-electron chi connectivity index (χ2n) is 9.71. The van der Waals surface area contributed by atoms with Crippen LogP contribution in [-0.4, -0.2) is 34.1 Å². The molecular formula is C32H30N4O3. The molecule has 196 valence electrons. The number of amides is 1. The van der Waals surface area contributed by atoms with E-state index in [4.69, 9.17) is 14.5 Å². The molecule has 6 rings (SSSR count). The average Bonchev–Trinajstić information content (AvgIpc) is 3.59. The van der Waals surface area contributed by atoms with Gasteiger partial charge in [-0.2, -0.15) is 0 Å². The lowest BCUT2D eigenvalue weighted by molar-refractivity contribution is -0.117. The molecule has 1 aliphatic heterocycles. The van der Waals surface area contributed by atoms with E-state index in [2.05, 4.69) is 52.9 Å². The van der Waals surface area contributed by atoms with E-state index in [1.807, 2.05) is 59.6 Å². The van der Waals surface area contributed by atoms with Gasteiger partial charge < -0.3 is 18.9 Å². The first-order valence-corrected chi connectivity index (χ1v) is 13.2. The monoisotopic (exact) mass is 518 g/mol. The minimum Gasteiger partial charge on any atom is -0.486 e. The highest BCUT2D eigenvalue weighted by Gasteiger charge is 2.22. The van der Waals surface area contributed by atoms with Crippen LogP contribution in [0.15, 0.2) is 91.1 Å². The molecular weight excluding hydrogens is 488 g/mol. The number of methoxy groups -OCH3 is 1. The van der Waals surface area contributed by atoms with Gasteiger partial charge in [0.2, 0.25) is 11.8 Å². The summed E-state index contributed by atoms with van der Waals surface area (Å²) < 4.78 is 13.8. The van der Waals surface area contributed by atoms with Gasteiger partial charge in [-0.1, -0.05) is 42.5 Å². The van der Waals surface area contributed by atoms with Crippen LogP contribution in [-0.2, 0) is 11.4 Å². The van der Waals surface area contributed by atoms with E-state index in [9.17, 15) is 4.79 Å². The van der Waals surface area contributed by atoms with E-state index in [0.717, 1.165) is 46.6 Å². The van der Waals surface area contributed by atoms with Crippen LogP contribution < -0.4 is 14.4 Å². The quantitative estimate of drug-likeness (QED) is 0.237. The third-order valence-corrected chi connectivity index (χ3v) is 7.28. The Bertz CT molecular complexity index is 1610. The maximum atomic E-state index is 12.2. The maximum absolute atomic E-state index is 12.2. The molecule has 0 bridgehead atoms. The molecule has 0 unspecified atom stereocenters. The summed E-state index contributed by atoms with van der Waals surface area (Å²) in [6.45, 7) is 3.22. The van der Waals surface area contributed by atoms with Crippen molar-refractivity contribution in [3.05, 3.63) is 103 Å². The van der Waals surface area contributed by atoms with Crippen molar-refractivity contribution in [2.24, 2.45) is 0 Å². The van der Waals surface area contributed by atoms with E-state index in [1.54, 1.807) is 7.11 Å². The number of aromatic nitrogens is 3. The van der Waals surface area contributed by atoms with Gasteiger partial charge in [-0.25, -0.2) is 9.97 Å². The lowest BCUT2D eigenvalue weighted by atomic mass is 10.1. The topological polar surface area (TPSA) is 69.5 Å². The molecule has 0 saturated carbocycles. The zero-order valence-corrected chi connectivity index (χ0v) is 22.1.